The Balaban J connectivity index is 3.17. The molecule has 0 aliphatic heterocycles. The van der Waals surface area contributed by atoms with E-state index in [1.54, 1.807) is 7.05 Å². The topological polar surface area (TPSA) is 55.1 Å². The maximum absolute atomic E-state index is 10.3. The molecular weight excluding hydrogens is 188 g/mol. The smallest absolute Gasteiger partial charge is 0.217 e. The summed E-state index contributed by atoms with van der Waals surface area (Å²) in [7, 11) is 1.65. The zero-order chi connectivity index (χ0) is 9.84. The minimum absolute atomic E-state index is 0.0619. The Bertz CT molecular complexity index is 353. The Kier molecular flexibility index (Phi) is 3.25. The fourth-order valence-electron chi connectivity index (χ4n) is 1.18. The van der Waals surface area contributed by atoms with Gasteiger partial charge in [-0.2, -0.15) is 5.10 Å². The van der Waals surface area contributed by atoms with Crippen LogP contribution in [0.1, 0.15) is 24.6 Å². The van der Waals surface area contributed by atoms with E-state index in [-0.39, 0.29) is 5.88 Å². The van der Waals surface area contributed by atoms with Crippen LogP contribution in [-0.4, -0.2) is 24.5 Å². The maximum atomic E-state index is 10.3. The Morgan fingerprint density at radius 2 is 2.38 bits per heavy atom. The van der Waals surface area contributed by atoms with Crippen molar-refractivity contribution in [2.24, 2.45) is 7.05 Å². The highest BCUT2D eigenvalue weighted by atomic mass is 32.1. The van der Waals surface area contributed by atoms with Gasteiger partial charge in [-0.05, 0) is 6.42 Å². The molecule has 5 heteroatoms. The zero-order valence-corrected chi connectivity index (χ0v) is 8.47. The van der Waals surface area contributed by atoms with Crippen LogP contribution in [0.4, 0.5) is 0 Å². The molecule has 0 fully saturated rings. The van der Waals surface area contributed by atoms with Gasteiger partial charge in [-0.15, -0.1) is 0 Å². The van der Waals surface area contributed by atoms with Crippen molar-refractivity contribution >= 4 is 16.6 Å². The first-order chi connectivity index (χ1) is 6.20. The standard InChI is InChI=1S/C8H12N2O2S/c1-3-4-7-6(5-13-12)8(11)10(2)9-7/h5,11H,3-4H2,1-2H3. The second-order valence-electron chi connectivity index (χ2n) is 2.77. The molecule has 0 aliphatic carbocycles. The van der Waals surface area contributed by atoms with E-state index >= 15 is 0 Å². The maximum Gasteiger partial charge on any atom is 0.217 e. The molecular formula is C8H12N2O2S. The van der Waals surface area contributed by atoms with Gasteiger partial charge < -0.3 is 5.11 Å². The Morgan fingerprint density at radius 3 is 2.92 bits per heavy atom. The lowest BCUT2D eigenvalue weighted by Crippen LogP contribution is -1.91. The lowest BCUT2D eigenvalue weighted by atomic mass is 10.2. The molecule has 0 amide bonds. The number of aryl methyl sites for hydroxylation is 2. The number of hydrogen-bond acceptors (Lipinski definition) is 3. The van der Waals surface area contributed by atoms with Crippen LogP contribution in [0.15, 0.2) is 0 Å². The van der Waals surface area contributed by atoms with Crippen LogP contribution in [-0.2, 0) is 24.7 Å². The number of aromatic nitrogens is 2. The molecule has 0 aliphatic rings. The van der Waals surface area contributed by atoms with Crippen molar-refractivity contribution in [3.8, 4) is 5.88 Å². The summed E-state index contributed by atoms with van der Waals surface area (Å²) in [5, 5.41) is 15.0. The lowest BCUT2D eigenvalue weighted by Gasteiger charge is -1.91. The van der Waals surface area contributed by atoms with Gasteiger partial charge in [-0.3, -0.25) is 0 Å². The van der Waals surface area contributed by atoms with Gasteiger partial charge in [0, 0.05) is 12.4 Å². The molecule has 0 aromatic carbocycles. The molecule has 13 heavy (non-hydrogen) atoms. The van der Waals surface area contributed by atoms with Gasteiger partial charge in [-0.1, -0.05) is 13.3 Å². The quantitative estimate of drug-likeness (QED) is 0.720. The predicted octanol–water partition coefficient (Wildman–Crippen LogP) is 0.442. The molecule has 0 radical (unpaired) electrons. The SMILES string of the molecule is CCCc1nn(C)c(O)c1C=S=O. The zero-order valence-electron chi connectivity index (χ0n) is 7.65. The highest BCUT2D eigenvalue weighted by Gasteiger charge is 2.11. The Hall–Kier alpha value is -1.10. The van der Waals surface area contributed by atoms with E-state index in [2.05, 4.69) is 5.10 Å². The van der Waals surface area contributed by atoms with Gasteiger partial charge in [0.25, 0.3) is 0 Å². The van der Waals surface area contributed by atoms with Crippen LogP contribution in [0.25, 0.3) is 0 Å². The van der Waals surface area contributed by atoms with Crippen molar-refractivity contribution in [1.82, 2.24) is 9.78 Å². The van der Waals surface area contributed by atoms with Crippen molar-refractivity contribution in [3.63, 3.8) is 0 Å². The molecule has 0 unspecified atom stereocenters. The molecule has 1 rings (SSSR count). The third-order valence-electron chi connectivity index (χ3n) is 1.78. The molecule has 0 saturated heterocycles. The van der Waals surface area contributed by atoms with E-state index in [9.17, 15) is 9.32 Å². The van der Waals surface area contributed by atoms with Gasteiger partial charge in [-0.25, -0.2) is 8.89 Å². The van der Waals surface area contributed by atoms with E-state index in [1.807, 2.05) is 6.92 Å². The van der Waals surface area contributed by atoms with Gasteiger partial charge in [0.05, 0.1) is 22.5 Å². The van der Waals surface area contributed by atoms with Crippen LogP contribution in [0.5, 0.6) is 5.88 Å². The molecule has 0 spiro atoms. The van der Waals surface area contributed by atoms with Crippen LogP contribution in [0.2, 0.25) is 0 Å². The molecule has 1 aromatic heterocycles. The summed E-state index contributed by atoms with van der Waals surface area (Å²) in [5.41, 5.74) is 1.34. The van der Waals surface area contributed by atoms with Crippen LogP contribution >= 0.6 is 0 Å². The molecule has 0 saturated carbocycles. The van der Waals surface area contributed by atoms with E-state index in [0.717, 1.165) is 18.5 Å². The summed E-state index contributed by atoms with van der Waals surface area (Å²) >= 11 is 0.334. The first-order valence-electron chi connectivity index (χ1n) is 4.07. The fourth-order valence-corrected chi connectivity index (χ4v) is 1.51. The third-order valence-corrected chi connectivity index (χ3v) is 2.11. The Morgan fingerprint density at radius 1 is 1.69 bits per heavy atom. The summed E-state index contributed by atoms with van der Waals surface area (Å²) in [6.45, 7) is 2.03. The molecule has 1 N–H and O–H groups in total. The summed E-state index contributed by atoms with van der Waals surface area (Å²) in [4.78, 5) is 0. The molecule has 1 heterocycles. The van der Waals surface area contributed by atoms with Gasteiger partial charge in [0.1, 0.15) is 0 Å². The van der Waals surface area contributed by atoms with Gasteiger partial charge in [0.2, 0.25) is 5.88 Å². The molecule has 1 aromatic rings. The van der Waals surface area contributed by atoms with Crippen molar-refractivity contribution < 1.29 is 9.32 Å². The summed E-state index contributed by atoms with van der Waals surface area (Å²) in [5.74, 6) is 0.0619. The summed E-state index contributed by atoms with van der Waals surface area (Å²) in [6.07, 6.45) is 1.72. The van der Waals surface area contributed by atoms with Crippen LogP contribution < -0.4 is 0 Å². The van der Waals surface area contributed by atoms with Gasteiger partial charge >= 0.3 is 0 Å². The fraction of sp³-hybridized carbons (Fsp3) is 0.500. The normalized spacial score (nSPS) is 10.0. The van der Waals surface area contributed by atoms with E-state index < -0.39 is 0 Å². The first kappa shape index (κ1) is 9.98. The summed E-state index contributed by atoms with van der Waals surface area (Å²) < 4.78 is 11.7. The number of hydrogen-bond donors (Lipinski definition) is 1. The van der Waals surface area contributed by atoms with Crippen LogP contribution in [0.3, 0.4) is 0 Å². The first-order valence-corrected chi connectivity index (χ1v) is 4.87. The number of nitrogens with zero attached hydrogens (tertiary/aromatic N) is 2. The minimum atomic E-state index is 0.0619. The Labute approximate surface area is 80.3 Å². The third kappa shape index (κ3) is 1.98. The lowest BCUT2D eigenvalue weighted by molar-refractivity contribution is 0.418. The molecule has 0 atom stereocenters. The van der Waals surface area contributed by atoms with Crippen molar-refractivity contribution in [2.75, 3.05) is 0 Å². The average Bonchev–Trinajstić information content (AvgIpc) is 2.34. The largest absolute Gasteiger partial charge is 0.493 e. The van der Waals surface area contributed by atoms with Crippen LogP contribution in [0, 0.1) is 0 Å². The monoisotopic (exact) mass is 200 g/mol. The van der Waals surface area contributed by atoms with Gasteiger partial charge in [0.15, 0.2) is 0 Å². The van der Waals surface area contributed by atoms with E-state index in [0.29, 0.717) is 16.8 Å². The molecule has 72 valence electrons. The van der Waals surface area contributed by atoms with E-state index in [1.165, 1.54) is 10.0 Å². The van der Waals surface area contributed by atoms with Crippen molar-refractivity contribution in [2.45, 2.75) is 19.8 Å². The second kappa shape index (κ2) is 4.23. The van der Waals surface area contributed by atoms with Crippen molar-refractivity contribution in [1.29, 1.82) is 0 Å². The highest BCUT2D eigenvalue weighted by Crippen LogP contribution is 2.18. The second-order valence-corrected chi connectivity index (χ2v) is 3.20. The minimum Gasteiger partial charge on any atom is -0.493 e. The summed E-state index contributed by atoms with van der Waals surface area (Å²) in [6, 6.07) is 0. The predicted molar refractivity (Wildman–Crippen MR) is 52.2 cm³/mol. The van der Waals surface area contributed by atoms with E-state index in [4.69, 9.17) is 0 Å². The average molecular weight is 200 g/mol. The molecule has 4 nitrogen and oxygen atoms in total. The number of aromatic hydroxyl groups is 1. The molecule has 0 bridgehead atoms. The highest BCUT2D eigenvalue weighted by molar-refractivity contribution is 7.65. The number of rotatable bonds is 3. The van der Waals surface area contributed by atoms with Crippen molar-refractivity contribution in [3.05, 3.63) is 11.3 Å².